The highest BCUT2D eigenvalue weighted by atomic mass is 35.5. The Labute approximate surface area is 157 Å². The van der Waals surface area contributed by atoms with E-state index in [9.17, 15) is 14.3 Å². The van der Waals surface area contributed by atoms with Crippen LogP contribution in [-0.2, 0) is 6.54 Å². The summed E-state index contributed by atoms with van der Waals surface area (Å²) < 4.78 is 17.3. The van der Waals surface area contributed by atoms with Gasteiger partial charge in [-0.15, -0.1) is 0 Å². The van der Waals surface area contributed by atoms with Crippen molar-refractivity contribution in [2.75, 3.05) is 0 Å². The minimum atomic E-state index is -0.694. The Kier molecular flexibility index (Phi) is 4.29. The lowest BCUT2D eigenvalue weighted by atomic mass is 10.1. The van der Waals surface area contributed by atoms with E-state index in [1.54, 1.807) is 36.8 Å². The molecule has 0 saturated carbocycles. The van der Waals surface area contributed by atoms with Crippen LogP contribution in [0.3, 0.4) is 0 Å². The fraction of sp³-hybridized carbons (Fsp3) is 0.0526. The van der Waals surface area contributed by atoms with E-state index >= 15 is 0 Å². The molecule has 0 fully saturated rings. The molecule has 3 aromatic heterocycles. The number of rotatable bonds is 3. The van der Waals surface area contributed by atoms with E-state index in [-0.39, 0.29) is 28.6 Å². The molecule has 0 spiro atoms. The summed E-state index contributed by atoms with van der Waals surface area (Å²) in [7, 11) is 0. The molecule has 6 nitrogen and oxygen atoms in total. The van der Waals surface area contributed by atoms with Gasteiger partial charge in [-0.1, -0.05) is 17.7 Å². The minimum absolute atomic E-state index is 0.0294. The quantitative estimate of drug-likeness (QED) is 0.552. The van der Waals surface area contributed by atoms with Crippen LogP contribution in [-0.4, -0.2) is 19.6 Å². The number of benzene rings is 1. The fourth-order valence-electron chi connectivity index (χ4n) is 2.96. The topological polar surface area (TPSA) is 72.1 Å². The first-order valence-corrected chi connectivity index (χ1v) is 8.39. The molecule has 8 heteroatoms. The average molecular weight is 384 g/mol. The molecule has 0 aliphatic carbocycles. The molecule has 134 valence electrons. The van der Waals surface area contributed by atoms with Crippen molar-refractivity contribution in [1.82, 2.24) is 14.5 Å². The standard InChI is InChI=1S/C19H12ClFN4O2/c20-13-4-5-14(15(21)7-13)17-18(26)24-6-2-1-3-16(24)25(19(17)27)10-12-8-22-11-23-9-12/h1-9,11H,10H2/p+1. The number of aromatic nitrogens is 4. The Balaban J connectivity index is 2.04. The zero-order valence-electron chi connectivity index (χ0n) is 13.9. The highest BCUT2D eigenvalue weighted by molar-refractivity contribution is 6.30. The van der Waals surface area contributed by atoms with Gasteiger partial charge in [-0.3, -0.25) is 0 Å². The van der Waals surface area contributed by atoms with Gasteiger partial charge in [-0.25, -0.2) is 19.2 Å². The fourth-order valence-corrected chi connectivity index (χ4v) is 3.12. The normalized spacial score (nSPS) is 11.0. The molecule has 0 bridgehead atoms. The van der Waals surface area contributed by atoms with E-state index in [1.165, 1.54) is 27.4 Å². The second kappa shape index (κ2) is 6.77. The van der Waals surface area contributed by atoms with E-state index in [0.717, 1.165) is 6.07 Å². The third-order valence-corrected chi connectivity index (χ3v) is 4.42. The number of halogens is 2. The maximum absolute atomic E-state index is 14.5. The van der Waals surface area contributed by atoms with Gasteiger partial charge in [0, 0.05) is 34.6 Å². The smallest absolute Gasteiger partial charge is 0.354 e. The second-order valence-corrected chi connectivity index (χ2v) is 6.33. The van der Waals surface area contributed by atoms with Gasteiger partial charge in [0.15, 0.2) is 5.56 Å². The summed E-state index contributed by atoms with van der Waals surface area (Å²) in [5, 5.41) is 11.1. The van der Waals surface area contributed by atoms with Crippen LogP contribution in [0.4, 0.5) is 4.39 Å². The van der Waals surface area contributed by atoms with Crippen molar-refractivity contribution >= 4 is 17.2 Å². The van der Waals surface area contributed by atoms with Crippen LogP contribution in [0.15, 0.2) is 66.1 Å². The molecule has 0 unspecified atom stereocenters. The third kappa shape index (κ3) is 3.02. The van der Waals surface area contributed by atoms with E-state index in [4.69, 9.17) is 11.6 Å². The molecular formula is C19H13ClFN4O2+. The van der Waals surface area contributed by atoms with Gasteiger partial charge in [0.05, 0.1) is 6.20 Å². The number of nitrogens with zero attached hydrogens (tertiary/aromatic N) is 4. The number of hydrogen-bond acceptors (Lipinski definition) is 4. The first kappa shape index (κ1) is 17.1. The molecule has 0 amide bonds. The molecule has 0 atom stereocenters. The Morgan fingerprint density at radius 1 is 1.19 bits per heavy atom. The lowest BCUT2D eigenvalue weighted by Gasteiger charge is -2.10. The Morgan fingerprint density at radius 3 is 2.70 bits per heavy atom. The highest BCUT2D eigenvalue weighted by Gasteiger charge is 2.27. The van der Waals surface area contributed by atoms with Crippen molar-refractivity contribution in [2.24, 2.45) is 0 Å². The first-order valence-electron chi connectivity index (χ1n) is 8.01. The Hall–Kier alpha value is -3.32. The van der Waals surface area contributed by atoms with Crippen LogP contribution >= 0.6 is 11.6 Å². The first-order chi connectivity index (χ1) is 13.1. The van der Waals surface area contributed by atoms with Gasteiger partial charge >= 0.3 is 5.56 Å². The van der Waals surface area contributed by atoms with E-state index in [0.29, 0.717) is 11.2 Å². The molecule has 0 aliphatic heterocycles. The number of fused-ring (bicyclic) bond motifs is 1. The van der Waals surface area contributed by atoms with Gasteiger partial charge in [0.2, 0.25) is 0 Å². The average Bonchev–Trinajstić information content (AvgIpc) is 2.68. The van der Waals surface area contributed by atoms with Crippen molar-refractivity contribution in [3.63, 3.8) is 0 Å². The summed E-state index contributed by atoms with van der Waals surface area (Å²) >= 11 is 5.81. The Morgan fingerprint density at radius 2 is 1.96 bits per heavy atom. The summed E-state index contributed by atoms with van der Waals surface area (Å²) in [6, 6.07) is 9.06. The van der Waals surface area contributed by atoms with Crippen LogP contribution in [0.2, 0.25) is 5.02 Å². The predicted molar refractivity (Wildman–Crippen MR) is 97.1 cm³/mol. The third-order valence-electron chi connectivity index (χ3n) is 4.18. The summed E-state index contributed by atoms with van der Waals surface area (Å²) in [4.78, 5) is 20.9. The number of pyridine rings is 1. The molecule has 0 saturated heterocycles. The van der Waals surface area contributed by atoms with E-state index in [1.807, 2.05) is 0 Å². The van der Waals surface area contributed by atoms with Crippen LogP contribution < -0.4 is 9.96 Å². The van der Waals surface area contributed by atoms with Crippen molar-refractivity contribution in [3.05, 3.63) is 88.1 Å². The molecule has 4 aromatic rings. The minimum Gasteiger partial charge on any atom is -0.477 e. The van der Waals surface area contributed by atoms with Crippen molar-refractivity contribution in [3.8, 4) is 17.0 Å². The highest BCUT2D eigenvalue weighted by Crippen LogP contribution is 2.30. The summed E-state index contributed by atoms with van der Waals surface area (Å²) in [5.74, 6) is -1.04. The maximum Gasteiger partial charge on any atom is 0.354 e. The molecule has 27 heavy (non-hydrogen) atoms. The van der Waals surface area contributed by atoms with Crippen LogP contribution in [0, 0.1) is 5.82 Å². The largest absolute Gasteiger partial charge is 0.477 e. The summed E-state index contributed by atoms with van der Waals surface area (Å²) in [6.45, 7) is 0.197. The maximum atomic E-state index is 14.5. The number of hydrogen-bond donors (Lipinski definition) is 1. The van der Waals surface area contributed by atoms with Crippen molar-refractivity contribution in [1.29, 1.82) is 0 Å². The molecule has 0 aliphatic rings. The monoisotopic (exact) mass is 383 g/mol. The molecule has 4 rings (SSSR count). The van der Waals surface area contributed by atoms with Gasteiger partial charge in [0.1, 0.15) is 18.7 Å². The van der Waals surface area contributed by atoms with Crippen LogP contribution in [0.5, 0.6) is 5.88 Å². The molecule has 1 N–H and O–H groups in total. The number of aromatic hydroxyl groups is 1. The molecule has 1 aromatic carbocycles. The lowest BCUT2D eigenvalue weighted by molar-refractivity contribution is -0.532. The summed E-state index contributed by atoms with van der Waals surface area (Å²) in [6.07, 6.45) is 6.17. The molecule has 3 heterocycles. The second-order valence-electron chi connectivity index (χ2n) is 5.89. The van der Waals surface area contributed by atoms with Crippen molar-refractivity contribution < 1.29 is 13.9 Å². The summed E-state index contributed by atoms with van der Waals surface area (Å²) in [5.41, 5.74) is 0.444. The van der Waals surface area contributed by atoms with E-state index in [2.05, 4.69) is 9.97 Å². The van der Waals surface area contributed by atoms with Gasteiger partial charge in [-0.2, -0.15) is 8.97 Å². The van der Waals surface area contributed by atoms with E-state index < -0.39 is 11.4 Å². The lowest BCUT2D eigenvalue weighted by Crippen LogP contribution is -2.43. The van der Waals surface area contributed by atoms with Crippen LogP contribution in [0.1, 0.15) is 5.56 Å². The SMILES string of the molecule is O=c1c(-c2ccc(Cl)cc2F)c(O)n(Cc2cncnc2)c2cccc[n+]12. The van der Waals surface area contributed by atoms with Gasteiger partial charge in [-0.05, 0) is 24.3 Å². The zero-order valence-corrected chi connectivity index (χ0v) is 14.6. The van der Waals surface area contributed by atoms with Crippen molar-refractivity contribution in [2.45, 2.75) is 6.54 Å². The van der Waals surface area contributed by atoms with Crippen LogP contribution in [0.25, 0.3) is 16.8 Å². The zero-order chi connectivity index (χ0) is 19.0. The predicted octanol–water partition coefficient (Wildman–Crippen LogP) is 2.59. The van der Waals surface area contributed by atoms with Gasteiger partial charge in [0.25, 0.3) is 11.5 Å². The Bertz CT molecular complexity index is 1210. The molecular weight excluding hydrogens is 371 g/mol. The molecule has 0 radical (unpaired) electrons. The van der Waals surface area contributed by atoms with Gasteiger partial charge < -0.3 is 5.11 Å².